The molecular weight excluding hydrogens is 791 g/mol. The molecular formula is C44H48ClFN8O6. The molecule has 1 aliphatic carbocycles. The molecule has 1 unspecified atom stereocenters. The number of halogens is 2. The predicted molar refractivity (Wildman–Crippen MR) is 220 cm³/mol. The molecule has 0 bridgehead atoms. The predicted octanol–water partition coefficient (Wildman–Crippen LogP) is 4.80. The summed E-state index contributed by atoms with van der Waals surface area (Å²) in [5.74, 6) is -5.35. The number of carbonyl (C=O) groups is 5. The maximum Gasteiger partial charge on any atom is 0.265 e. The Morgan fingerprint density at radius 3 is 2.35 bits per heavy atom. The standard InChI is InChI=1S/C44H48ClFN8O6/c1-43(2)41(44(3,4)42(43)60-28-7-5-26(22-47)30(45)21-28)50-37(56)27-6-11-33(48-23-27)53-15-13-25(14-16-53)24-51-17-19-52(20-18-51)31-9-8-29-35(36(31)46)40(59)54(39(29)58)32-10-12-34(55)49-38(32)57/h5-9,11,21,23,25,32,41-42H,10,12-20,24H2,1-4H3,(H,50,56)(H,49,55,57)/i17D2,18D2,19D2,20D2. The minimum absolute atomic E-state index is 0.00812. The van der Waals surface area contributed by atoms with Crippen molar-refractivity contribution < 1.29 is 44.1 Å². The van der Waals surface area contributed by atoms with Gasteiger partial charge in [0.1, 0.15) is 29.8 Å². The summed E-state index contributed by atoms with van der Waals surface area (Å²) in [6, 6.07) is 10.2. The van der Waals surface area contributed by atoms with Crippen LogP contribution in [0.2, 0.25) is 5.02 Å². The molecule has 4 fully saturated rings. The Morgan fingerprint density at radius 2 is 1.72 bits per heavy atom. The molecule has 5 amide bonds. The van der Waals surface area contributed by atoms with Crippen molar-refractivity contribution in [3.05, 3.63) is 81.8 Å². The Hall–Kier alpha value is -5.59. The minimum Gasteiger partial charge on any atom is -0.489 e. The van der Waals surface area contributed by atoms with Gasteiger partial charge < -0.3 is 19.9 Å². The molecule has 0 radical (unpaired) electrons. The number of ether oxygens (including phenoxy) is 1. The highest BCUT2D eigenvalue weighted by Crippen LogP contribution is 2.55. The van der Waals surface area contributed by atoms with E-state index in [0.717, 1.165) is 12.1 Å². The molecule has 60 heavy (non-hydrogen) atoms. The van der Waals surface area contributed by atoms with Crippen LogP contribution in [0.3, 0.4) is 0 Å². The molecule has 5 heterocycles. The first-order valence-corrected chi connectivity index (χ1v) is 20.0. The number of piperazine rings is 1. The minimum atomic E-state index is -3.49. The topological polar surface area (TPSA) is 168 Å². The third-order valence-corrected chi connectivity index (χ3v) is 12.5. The summed E-state index contributed by atoms with van der Waals surface area (Å²) in [5.41, 5.74) is -2.82. The Balaban J connectivity index is 0.919. The van der Waals surface area contributed by atoms with Crippen LogP contribution in [0.25, 0.3) is 0 Å². The molecule has 0 spiro atoms. The molecule has 5 aliphatic rings. The van der Waals surface area contributed by atoms with Crippen LogP contribution in [-0.2, 0) is 9.59 Å². The SMILES string of the molecule is [2H]C1([2H])N(CC2CCN(c3ccc(C(=O)NC4C(C)(C)C(Oc5ccc(C#N)c(Cl)c5)C4(C)C)cn3)CC2)C([2H])([2H])C([2H])([2H])N(c2ccc3c(c2F)C(=O)N(C2CCC(=O)NC2=O)C3=O)C1([2H])[2H]. The Bertz CT molecular complexity index is 2640. The van der Waals surface area contributed by atoms with Gasteiger partial charge in [-0.2, -0.15) is 5.26 Å². The number of hydrogen-bond acceptors (Lipinski definition) is 11. The van der Waals surface area contributed by atoms with Gasteiger partial charge in [0.2, 0.25) is 11.8 Å². The third kappa shape index (κ3) is 7.34. The fraction of sp³-hybridized carbons (Fsp3) is 0.477. The molecule has 16 heteroatoms. The highest BCUT2D eigenvalue weighted by atomic mass is 35.5. The van der Waals surface area contributed by atoms with Crippen LogP contribution in [0.1, 0.15) is 101 Å². The number of fused-ring (bicyclic) bond motifs is 1. The van der Waals surface area contributed by atoms with Crippen LogP contribution in [0.4, 0.5) is 15.9 Å². The lowest BCUT2D eigenvalue weighted by atomic mass is 9.49. The highest BCUT2D eigenvalue weighted by molar-refractivity contribution is 6.31. The van der Waals surface area contributed by atoms with Gasteiger partial charge >= 0.3 is 0 Å². The monoisotopic (exact) mass is 846 g/mol. The molecule has 1 atom stereocenters. The normalized spacial score (nSPS) is 29.4. The number of nitrogens with zero attached hydrogens (tertiary/aromatic N) is 6. The van der Waals surface area contributed by atoms with E-state index in [0.29, 0.717) is 58.4 Å². The number of hydrogen-bond donors (Lipinski definition) is 2. The number of nitrogens with one attached hydrogen (secondary N) is 2. The molecule has 314 valence electrons. The fourth-order valence-electron chi connectivity index (χ4n) is 9.29. The van der Waals surface area contributed by atoms with E-state index in [2.05, 4.69) is 10.3 Å². The maximum absolute atomic E-state index is 16.6. The van der Waals surface area contributed by atoms with Crippen LogP contribution in [0, 0.1) is 33.9 Å². The van der Waals surface area contributed by atoms with E-state index in [1.807, 2.05) is 44.0 Å². The molecule has 2 N–H and O–H groups in total. The number of aromatic nitrogens is 1. The van der Waals surface area contributed by atoms with Crippen molar-refractivity contribution >= 4 is 52.6 Å². The van der Waals surface area contributed by atoms with Gasteiger partial charge in [0.25, 0.3) is 17.7 Å². The zero-order valence-electron chi connectivity index (χ0n) is 41.3. The summed E-state index contributed by atoms with van der Waals surface area (Å²) in [5, 5.41) is 14.7. The number of anilines is 2. The molecule has 8 rings (SSSR count). The van der Waals surface area contributed by atoms with Gasteiger partial charge in [-0.3, -0.25) is 39.1 Å². The number of nitriles is 1. The maximum atomic E-state index is 16.6. The van der Waals surface area contributed by atoms with Gasteiger partial charge in [0.15, 0.2) is 5.82 Å². The van der Waals surface area contributed by atoms with Gasteiger partial charge in [-0.15, -0.1) is 0 Å². The van der Waals surface area contributed by atoms with E-state index in [4.69, 9.17) is 27.3 Å². The van der Waals surface area contributed by atoms with E-state index in [9.17, 15) is 29.2 Å². The molecule has 4 aliphatic heterocycles. The summed E-state index contributed by atoms with van der Waals surface area (Å²) in [7, 11) is 0. The van der Waals surface area contributed by atoms with E-state index >= 15 is 4.39 Å². The van der Waals surface area contributed by atoms with Crippen molar-refractivity contribution in [2.75, 3.05) is 55.4 Å². The lowest BCUT2D eigenvalue weighted by Crippen LogP contribution is -2.74. The van der Waals surface area contributed by atoms with Crippen molar-refractivity contribution in [1.82, 2.24) is 25.4 Å². The van der Waals surface area contributed by atoms with Gasteiger partial charge in [-0.1, -0.05) is 39.3 Å². The number of benzene rings is 2. The fourth-order valence-corrected chi connectivity index (χ4v) is 9.50. The third-order valence-electron chi connectivity index (χ3n) is 12.2. The highest BCUT2D eigenvalue weighted by Gasteiger charge is 2.64. The van der Waals surface area contributed by atoms with Gasteiger partial charge in [0, 0.05) is 86.7 Å². The summed E-state index contributed by atoms with van der Waals surface area (Å²) in [6.45, 7) is -5.39. The van der Waals surface area contributed by atoms with Crippen molar-refractivity contribution in [2.24, 2.45) is 16.7 Å². The molecule has 3 aromatic rings. The Kier molecular flexibility index (Phi) is 8.47. The first kappa shape index (κ1) is 32.2. The first-order valence-electron chi connectivity index (χ1n) is 23.6. The van der Waals surface area contributed by atoms with Crippen LogP contribution >= 0.6 is 11.6 Å². The lowest BCUT2D eigenvalue weighted by molar-refractivity contribution is -0.164. The molecule has 14 nitrogen and oxygen atoms in total. The van der Waals surface area contributed by atoms with Crippen LogP contribution < -0.4 is 25.2 Å². The van der Waals surface area contributed by atoms with Crippen molar-refractivity contribution in [3.8, 4) is 11.8 Å². The number of rotatable bonds is 9. The smallest absolute Gasteiger partial charge is 0.265 e. The lowest BCUT2D eigenvalue weighted by Gasteiger charge is -2.63. The number of amides is 5. The Morgan fingerprint density at radius 1 is 1.00 bits per heavy atom. The Labute approximate surface area is 364 Å². The van der Waals surface area contributed by atoms with Gasteiger partial charge in [-0.05, 0) is 61.6 Å². The number of imide groups is 2. The quantitative estimate of drug-likeness (QED) is 0.284. The van der Waals surface area contributed by atoms with Gasteiger partial charge in [0.05, 0.1) is 38.4 Å². The van der Waals surface area contributed by atoms with Gasteiger partial charge in [-0.25, -0.2) is 9.37 Å². The molecule has 1 aromatic heterocycles. The van der Waals surface area contributed by atoms with Crippen LogP contribution in [-0.4, -0.2) is 108 Å². The van der Waals surface area contributed by atoms with E-state index in [1.54, 1.807) is 30.3 Å². The first-order chi connectivity index (χ1) is 31.6. The number of piperidine rings is 2. The largest absolute Gasteiger partial charge is 0.489 e. The zero-order valence-corrected chi connectivity index (χ0v) is 34.0. The summed E-state index contributed by atoms with van der Waals surface area (Å²) in [6.07, 6.45) is 1.39. The van der Waals surface area contributed by atoms with Crippen LogP contribution in [0.15, 0.2) is 48.7 Å². The number of carbonyl (C=O) groups excluding carboxylic acids is 5. The second kappa shape index (κ2) is 15.8. The average molecular weight is 847 g/mol. The van der Waals surface area contributed by atoms with E-state index in [1.165, 1.54) is 6.20 Å². The molecule has 1 saturated carbocycles. The second-order valence-corrected chi connectivity index (χ2v) is 17.2. The van der Waals surface area contributed by atoms with Crippen molar-refractivity contribution in [1.29, 1.82) is 5.26 Å². The van der Waals surface area contributed by atoms with Crippen LogP contribution in [0.5, 0.6) is 5.75 Å². The second-order valence-electron chi connectivity index (χ2n) is 16.8. The van der Waals surface area contributed by atoms with E-state index < -0.39 is 102 Å². The summed E-state index contributed by atoms with van der Waals surface area (Å²) in [4.78, 5) is 72.1. The molecule has 2 aromatic carbocycles. The van der Waals surface area contributed by atoms with Crippen molar-refractivity contribution in [3.63, 3.8) is 0 Å². The number of pyridine rings is 1. The summed E-state index contributed by atoms with van der Waals surface area (Å²) < 4.78 is 94.8. The average Bonchev–Trinajstić information content (AvgIpc) is 3.52. The zero-order chi connectivity index (χ0) is 49.8. The van der Waals surface area contributed by atoms with Crippen molar-refractivity contribution in [2.45, 2.75) is 71.6 Å². The molecule has 3 saturated heterocycles. The summed E-state index contributed by atoms with van der Waals surface area (Å²) >= 11 is 6.23. The van der Waals surface area contributed by atoms with E-state index in [-0.39, 0.29) is 40.8 Å².